The van der Waals surface area contributed by atoms with E-state index >= 15 is 0 Å². The van der Waals surface area contributed by atoms with Gasteiger partial charge in [0.15, 0.2) is 6.61 Å². The summed E-state index contributed by atoms with van der Waals surface area (Å²) in [6, 6.07) is 4.92. The first-order valence-corrected chi connectivity index (χ1v) is 4.64. The quantitative estimate of drug-likeness (QED) is 0.795. The van der Waals surface area contributed by atoms with Gasteiger partial charge in [-0.25, -0.2) is 0 Å². The average Bonchev–Trinajstić information content (AvgIpc) is 2.06. The minimum Gasteiger partial charge on any atom is -0.483 e. The molecule has 0 aliphatic heterocycles. The predicted molar refractivity (Wildman–Crippen MR) is 50.4 cm³/mol. The number of hydrogen-bond acceptors (Lipinski definition) is 1. The molecule has 0 radical (unpaired) electrons. The van der Waals surface area contributed by atoms with Crippen molar-refractivity contribution in [3.63, 3.8) is 0 Å². The smallest absolute Gasteiger partial charge is 0.422 e. The number of rotatable bonds is 2. The van der Waals surface area contributed by atoms with Crippen LogP contribution in [0, 0.1) is 6.92 Å². The Morgan fingerprint density at radius 3 is 2.57 bits per heavy atom. The van der Waals surface area contributed by atoms with Crippen molar-refractivity contribution >= 4 is 15.9 Å². The third-order valence-electron chi connectivity index (χ3n) is 1.55. The first kappa shape index (κ1) is 11.4. The lowest BCUT2D eigenvalue weighted by molar-refractivity contribution is -0.153. The van der Waals surface area contributed by atoms with E-state index in [4.69, 9.17) is 0 Å². The lowest BCUT2D eigenvalue weighted by Crippen LogP contribution is -2.19. The van der Waals surface area contributed by atoms with Gasteiger partial charge >= 0.3 is 6.18 Å². The normalized spacial score (nSPS) is 11.5. The van der Waals surface area contributed by atoms with Gasteiger partial charge in [-0.2, -0.15) is 13.2 Å². The van der Waals surface area contributed by atoms with Crippen LogP contribution in [0.15, 0.2) is 22.7 Å². The zero-order chi connectivity index (χ0) is 10.8. The minimum atomic E-state index is -4.30. The number of aryl methyl sites for hydroxylation is 1. The summed E-state index contributed by atoms with van der Waals surface area (Å²) in [6.45, 7) is 0.513. The molecule has 0 saturated heterocycles. The Bertz CT molecular complexity index is 322. The Kier molecular flexibility index (Phi) is 3.42. The SMILES string of the molecule is Cc1cccc(OCC(F)(F)F)c1Br. The van der Waals surface area contributed by atoms with Gasteiger partial charge in [-0.1, -0.05) is 12.1 Å². The van der Waals surface area contributed by atoms with E-state index in [2.05, 4.69) is 20.7 Å². The van der Waals surface area contributed by atoms with E-state index in [1.54, 1.807) is 19.1 Å². The summed E-state index contributed by atoms with van der Waals surface area (Å²) in [6.07, 6.45) is -4.30. The summed E-state index contributed by atoms with van der Waals surface area (Å²) in [5.41, 5.74) is 0.838. The first-order valence-electron chi connectivity index (χ1n) is 3.85. The van der Waals surface area contributed by atoms with Crippen LogP contribution in [0.5, 0.6) is 5.75 Å². The predicted octanol–water partition coefficient (Wildman–Crippen LogP) is 3.70. The van der Waals surface area contributed by atoms with E-state index in [0.29, 0.717) is 4.47 Å². The molecule has 0 spiro atoms. The number of hydrogen-bond donors (Lipinski definition) is 0. The molecule has 0 fully saturated rings. The lowest BCUT2D eigenvalue weighted by atomic mass is 10.2. The van der Waals surface area contributed by atoms with E-state index in [9.17, 15) is 13.2 Å². The van der Waals surface area contributed by atoms with Crippen molar-refractivity contribution in [2.75, 3.05) is 6.61 Å². The fourth-order valence-corrected chi connectivity index (χ4v) is 1.27. The second-order valence-corrected chi connectivity index (χ2v) is 3.58. The first-order chi connectivity index (χ1) is 6.40. The lowest BCUT2D eigenvalue weighted by Gasteiger charge is -2.11. The molecular formula is C9H8BrF3O. The third-order valence-corrected chi connectivity index (χ3v) is 2.56. The van der Waals surface area contributed by atoms with Crippen LogP contribution in [-0.4, -0.2) is 12.8 Å². The molecule has 0 N–H and O–H groups in total. The van der Waals surface area contributed by atoms with Crippen molar-refractivity contribution in [2.24, 2.45) is 0 Å². The molecule has 0 aliphatic carbocycles. The van der Waals surface area contributed by atoms with Gasteiger partial charge in [0.05, 0.1) is 4.47 Å². The molecule has 14 heavy (non-hydrogen) atoms. The highest BCUT2D eigenvalue weighted by Crippen LogP contribution is 2.29. The Hall–Kier alpha value is -0.710. The summed E-state index contributed by atoms with van der Waals surface area (Å²) >= 11 is 3.16. The molecule has 5 heteroatoms. The highest BCUT2D eigenvalue weighted by atomic mass is 79.9. The molecule has 78 valence electrons. The molecule has 0 saturated carbocycles. The number of benzene rings is 1. The van der Waals surface area contributed by atoms with Crippen LogP contribution in [0.4, 0.5) is 13.2 Å². The van der Waals surface area contributed by atoms with Crippen molar-refractivity contribution in [2.45, 2.75) is 13.1 Å². The van der Waals surface area contributed by atoms with Gasteiger partial charge < -0.3 is 4.74 Å². The van der Waals surface area contributed by atoms with Crippen LogP contribution < -0.4 is 4.74 Å². The van der Waals surface area contributed by atoms with Gasteiger partial charge in [0.2, 0.25) is 0 Å². The van der Waals surface area contributed by atoms with Gasteiger partial charge in [-0.05, 0) is 34.5 Å². The molecule has 0 bridgehead atoms. The van der Waals surface area contributed by atoms with Gasteiger partial charge in [0, 0.05) is 0 Å². The molecule has 0 amide bonds. The molecule has 1 rings (SSSR count). The highest BCUT2D eigenvalue weighted by Gasteiger charge is 2.28. The molecule has 0 unspecified atom stereocenters. The Balaban J connectivity index is 2.73. The van der Waals surface area contributed by atoms with Gasteiger partial charge in [-0.3, -0.25) is 0 Å². The summed E-state index contributed by atoms with van der Waals surface area (Å²) in [7, 11) is 0. The van der Waals surface area contributed by atoms with Crippen LogP contribution in [-0.2, 0) is 0 Å². The van der Waals surface area contributed by atoms with E-state index in [0.717, 1.165) is 5.56 Å². The van der Waals surface area contributed by atoms with E-state index < -0.39 is 12.8 Å². The van der Waals surface area contributed by atoms with Crippen LogP contribution in [0.25, 0.3) is 0 Å². The standard InChI is InChI=1S/C9H8BrF3O/c1-6-3-2-4-7(8(6)10)14-5-9(11,12)13/h2-4H,5H2,1H3. The average molecular weight is 269 g/mol. The molecular weight excluding hydrogens is 261 g/mol. The van der Waals surface area contributed by atoms with Crippen molar-refractivity contribution in [3.8, 4) is 5.75 Å². The second kappa shape index (κ2) is 4.21. The molecule has 1 nitrogen and oxygen atoms in total. The Labute approximate surface area is 88.0 Å². The minimum absolute atomic E-state index is 0.210. The summed E-state index contributed by atoms with van der Waals surface area (Å²) < 4.78 is 40.7. The summed E-state index contributed by atoms with van der Waals surface area (Å²) in [5.74, 6) is 0.210. The molecule has 0 aromatic heterocycles. The molecule has 0 atom stereocenters. The molecule has 1 aromatic carbocycles. The third kappa shape index (κ3) is 3.21. The van der Waals surface area contributed by atoms with Gasteiger partial charge in [-0.15, -0.1) is 0 Å². The van der Waals surface area contributed by atoms with E-state index in [-0.39, 0.29) is 5.75 Å². The van der Waals surface area contributed by atoms with Gasteiger partial charge in [0.1, 0.15) is 5.75 Å². The maximum absolute atomic E-state index is 11.8. The van der Waals surface area contributed by atoms with Crippen LogP contribution in [0.2, 0.25) is 0 Å². The van der Waals surface area contributed by atoms with Crippen molar-refractivity contribution in [1.29, 1.82) is 0 Å². The largest absolute Gasteiger partial charge is 0.483 e. The fraction of sp³-hybridized carbons (Fsp3) is 0.333. The highest BCUT2D eigenvalue weighted by molar-refractivity contribution is 9.10. The Morgan fingerprint density at radius 1 is 1.36 bits per heavy atom. The van der Waals surface area contributed by atoms with Crippen molar-refractivity contribution < 1.29 is 17.9 Å². The molecule has 0 aliphatic rings. The monoisotopic (exact) mass is 268 g/mol. The zero-order valence-corrected chi connectivity index (χ0v) is 8.95. The number of halogens is 4. The maximum atomic E-state index is 11.8. The topological polar surface area (TPSA) is 9.23 Å². The maximum Gasteiger partial charge on any atom is 0.422 e. The Morgan fingerprint density at radius 2 is 2.00 bits per heavy atom. The van der Waals surface area contributed by atoms with Crippen LogP contribution in [0.3, 0.4) is 0 Å². The van der Waals surface area contributed by atoms with Gasteiger partial charge in [0.25, 0.3) is 0 Å². The molecule has 1 aromatic rings. The second-order valence-electron chi connectivity index (χ2n) is 2.79. The zero-order valence-electron chi connectivity index (χ0n) is 7.36. The molecule has 0 heterocycles. The number of alkyl halides is 3. The van der Waals surface area contributed by atoms with Crippen LogP contribution >= 0.6 is 15.9 Å². The van der Waals surface area contributed by atoms with Crippen molar-refractivity contribution in [3.05, 3.63) is 28.2 Å². The van der Waals surface area contributed by atoms with E-state index in [1.165, 1.54) is 6.07 Å². The van der Waals surface area contributed by atoms with E-state index in [1.807, 2.05) is 0 Å². The van der Waals surface area contributed by atoms with Crippen LogP contribution in [0.1, 0.15) is 5.56 Å². The van der Waals surface area contributed by atoms with Crippen molar-refractivity contribution in [1.82, 2.24) is 0 Å². The summed E-state index contributed by atoms with van der Waals surface area (Å²) in [4.78, 5) is 0. The number of ether oxygens (including phenoxy) is 1. The summed E-state index contributed by atoms with van der Waals surface area (Å²) in [5, 5.41) is 0. The fourth-order valence-electron chi connectivity index (χ4n) is 0.892.